The fourth-order valence-electron chi connectivity index (χ4n) is 4.30. The van der Waals surface area contributed by atoms with Gasteiger partial charge < -0.3 is 14.5 Å². The molecule has 30 heavy (non-hydrogen) atoms. The number of piperazine rings is 1. The number of benzene rings is 2. The zero-order valence-electron chi connectivity index (χ0n) is 18.1. The topological polar surface area (TPSA) is 48.1 Å². The maximum atomic E-state index is 13.5. The molecule has 3 aromatic rings. The molecule has 2 N–H and O–H groups in total. The Bertz CT molecular complexity index is 1040. The summed E-state index contributed by atoms with van der Waals surface area (Å²) < 4.78 is 5.49. The molecule has 2 aromatic carbocycles. The normalized spacial score (nSPS) is 14.8. The van der Waals surface area contributed by atoms with Gasteiger partial charge in [0.05, 0.1) is 50.9 Å². The summed E-state index contributed by atoms with van der Waals surface area (Å²) in [6.07, 6.45) is 2.84. The first-order chi connectivity index (χ1) is 14.6. The molecular weight excluding hydrogens is 374 g/mol. The Hall–Kier alpha value is -2.92. The standard InChI is InChI=1S/C25H29N3O2/c1-4-18-6-8-19(9-7-18)25(29)22-17-26-23-11-10-20(30-3)16-21(23)24(22)28-14-12-27(5-2)13-15-28/h6-11,16-17H,4-5,12-15H2,1-3H3/p+2. The van der Waals surface area contributed by atoms with Crippen molar-refractivity contribution in [2.75, 3.05) is 44.7 Å². The van der Waals surface area contributed by atoms with E-state index in [2.05, 4.69) is 23.7 Å². The molecule has 0 spiro atoms. The highest BCUT2D eigenvalue weighted by molar-refractivity contribution is 6.15. The van der Waals surface area contributed by atoms with Gasteiger partial charge in [0.2, 0.25) is 11.3 Å². The zero-order valence-corrected chi connectivity index (χ0v) is 18.1. The molecule has 0 atom stereocenters. The number of fused-ring (bicyclic) bond motifs is 1. The number of aromatic nitrogens is 1. The van der Waals surface area contributed by atoms with Crippen LogP contribution in [0.15, 0.2) is 48.7 Å². The summed E-state index contributed by atoms with van der Waals surface area (Å²) in [6.45, 7) is 9.54. The van der Waals surface area contributed by atoms with Gasteiger partial charge in [0.15, 0.2) is 6.20 Å². The summed E-state index contributed by atoms with van der Waals surface area (Å²) >= 11 is 0. The smallest absolute Gasteiger partial charge is 0.213 e. The van der Waals surface area contributed by atoms with E-state index in [1.165, 1.54) is 5.56 Å². The number of ether oxygens (including phenoxy) is 1. The molecule has 156 valence electrons. The van der Waals surface area contributed by atoms with Gasteiger partial charge in [0.1, 0.15) is 11.3 Å². The van der Waals surface area contributed by atoms with Crippen LogP contribution < -0.4 is 19.5 Å². The number of ketones is 1. The molecule has 1 saturated heterocycles. The van der Waals surface area contributed by atoms with Crippen molar-refractivity contribution in [1.82, 2.24) is 0 Å². The van der Waals surface area contributed by atoms with Crippen LogP contribution in [0.2, 0.25) is 0 Å². The van der Waals surface area contributed by atoms with Crippen LogP contribution in [0.5, 0.6) is 5.75 Å². The maximum Gasteiger partial charge on any atom is 0.213 e. The highest BCUT2D eigenvalue weighted by atomic mass is 16.5. The Labute approximate surface area is 178 Å². The molecule has 1 aromatic heterocycles. The molecule has 0 radical (unpaired) electrons. The number of anilines is 1. The van der Waals surface area contributed by atoms with Gasteiger partial charge >= 0.3 is 0 Å². The van der Waals surface area contributed by atoms with E-state index in [0.717, 1.165) is 72.6 Å². The summed E-state index contributed by atoms with van der Waals surface area (Å²) in [4.78, 5) is 20.9. The number of hydrogen-bond acceptors (Lipinski definition) is 3. The van der Waals surface area contributed by atoms with Crippen molar-refractivity contribution in [1.29, 1.82) is 0 Å². The largest absolute Gasteiger partial charge is 0.497 e. The number of H-pyrrole nitrogens is 1. The number of carbonyl (C=O) groups excluding carboxylic acids is 1. The predicted octanol–water partition coefficient (Wildman–Crippen LogP) is 2.18. The molecule has 0 amide bonds. The van der Waals surface area contributed by atoms with Gasteiger partial charge in [-0.2, -0.15) is 0 Å². The summed E-state index contributed by atoms with van der Waals surface area (Å²) in [5.41, 5.74) is 4.71. The molecule has 0 saturated carbocycles. The monoisotopic (exact) mass is 405 g/mol. The van der Waals surface area contributed by atoms with Gasteiger partial charge in [-0.25, -0.2) is 4.98 Å². The maximum absolute atomic E-state index is 13.5. The average molecular weight is 406 g/mol. The third-order valence-corrected chi connectivity index (χ3v) is 6.26. The first kappa shape index (κ1) is 20.4. The first-order valence-electron chi connectivity index (χ1n) is 10.9. The number of aromatic amines is 1. The molecule has 0 bridgehead atoms. The SMILES string of the molecule is CCc1ccc(C(=O)c2c[nH+]c3ccc(OC)cc3c2N2CC[NH+](CC)CC2)cc1. The lowest BCUT2D eigenvalue weighted by Crippen LogP contribution is -3.14. The van der Waals surface area contributed by atoms with Crippen molar-refractivity contribution in [2.24, 2.45) is 0 Å². The summed E-state index contributed by atoms with van der Waals surface area (Å²) in [6, 6.07) is 14.0. The lowest BCUT2D eigenvalue weighted by atomic mass is 9.98. The highest BCUT2D eigenvalue weighted by Crippen LogP contribution is 2.32. The van der Waals surface area contributed by atoms with E-state index in [4.69, 9.17) is 4.74 Å². The molecule has 1 aliphatic rings. The minimum absolute atomic E-state index is 0.0545. The van der Waals surface area contributed by atoms with Crippen LogP contribution in [-0.2, 0) is 6.42 Å². The molecule has 5 heteroatoms. The molecule has 0 aliphatic carbocycles. The molecular formula is C25H31N3O2+2. The molecule has 1 aliphatic heterocycles. The summed E-state index contributed by atoms with van der Waals surface area (Å²) in [5.74, 6) is 0.853. The van der Waals surface area contributed by atoms with Crippen molar-refractivity contribution >= 4 is 22.4 Å². The number of likely N-dealkylation sites (N-methyl/N-ethyl adjacent to an activating group) is 1. The highest BCUT2D eigenvalue weighted by Gasteiger charge is 2.28. The third-order valence-electron chi connectivity index (χ3n) is 6.26. The van der Waals surface area contributed by atoms with E-state index in [1.807, 2.05) is 48.7 Å². The number of carbonyl (C=O) groups is 1. The van der Waals surface area contributed by atoms with Gasteiger partial charge in [-0.3, -0.25) is 4.79 Å². The Kier molecular flexibility index (Phi) is 6.00. The molecule has 4 rings (SSSR count). The summed E-state index contributed by atoms with van der Waals surface area (Å²) in [5, 5.41) is 1.03. The Morgan fingerprint density at radius 2 is 1.83 bits per heavy atom. The van der Waals surface area contributed by atoms with E-state index in [9.17, 15) is 4.79 Å². The van der Waals surface area contributed by atoms with E-state index < -0.39 is 0 Å². The van der Waals surface area contributed by atoms with Crippen molar-refractivity contribution in [3.63, 3.8) is 0 Å². The van der Waals surface area contributed by atoms with Crippen LogP contribution in [0.1, 0.15) is 35.3 Å². The number of nitrogens with one attached hydrogen (secondary N) is 2. The number of aryl methyl sites for hydroxylation is 1. The Morgan fingerprint density at radius 1 is 1.10 bits per heavy atom. The third kappa shape index (κ3) is 3.90. The van der Waals surface area contributed by atoms with E-state index in [0.29, 0.717) is 0 Å². The minimum Gasteiger partial charge on any atom is -0.497 e. The van der Waals surface area contributed by atoms with E-state index in [1.54, 1.807) is 12.0 Å². The first-order valence-corrected chi connectivity index (χ1v) is 10.9. The van der Waals surface area contributed by atoms with Gasteiger partial charge in [-0.15, -0.1) is 0 Å². The lowest BCUT2D eigenvalue weighted by Gasteiger charge is -2.34. The van der Waals surface area contributed by atoms with Gasteiger partial charge in [0, 0.05) is 11.6 Å². The number of rotatable bonds is 6. The van der Waals surface area contributed by atoms with Crippen LogP contribution >= 0.6 is 0 Å². The number of hydrogen-bond donors (Lipinski definition) is 1. The Balaban J connectivity index is 1.82. The second-order valence-corrected chi connectivity index (χ2v) is 7.93. The molecule has 0 unspecified atom stereocenters. The second kappa shape index (κ2) is 8.84. The van der Waals surface area contributed by atoms with Crippen LogP contribution in [0.4, 0.5) is 5.69 Å². The predicted molar refractivity (Wildman–Crippen MR) is 120 cm³/mol. The average Bonchev–Trinajstić information content (AvgIpc) is 2.82. The van der Waals surface area contributed by atoms with Crippen LogP contribution in [0.3, 0.4) is 0 Å². The molecule has 5 nitrogen and oxygen atoms in total. The Morgan fingerprint density at radius 3 is 2.47 bits per heavy atom. The van der Waals surface area contributed by atoms with E-state index in [-0.39, 0.29) is 5.78 Å². The molecule has 1 fully saturated rings. The quantitative estimate of drug-likeness (QED) is 0.640. The second-order valence-electron chi connectivity index (χ2n) is 7.93. The summed E-state index contributed by atoms with van der Waals surface area (Å²) in [7, 11) is 1.68. The molecule has 2 heterocycles. The number of pyridine rings is 1. The van der Waals surface area contributed by atoms with Crippen LogP contribution in [0.25, 0.3) is 10.9 Å². The van der Waals surface area contributed by atoms with Crippen molar-refractivity contribution in [2.45, 2.75) is 20.3 Å². The van der Waals surface area contributed by atoms with Crippen molar-refractivity contribution in [3.05, 3.63) is 65.4 Å². The van der Waals surface area contributed by atoms with Gasteiger partial charge in [-0.05, 0) is 31.0 Å². The van der Waals surface area contributed by atoms with E-state index >= 15 is 0 Å². The fraction of sp³-hybridized carbons (Fsp3) is 0.360. The number of nitrogens with zero attached hydrogens (tertiary/aromatic N) is 1. The lowest BCUT2D eigenvalue weighted by molar-refractivity contribution is -0.898. The number of quaternary nitrogens is 1. The van der Waals surface area contributed by atoms with Crippen LogP contribution in [-0.4, -0.2) is 45.6 Å². The minimum atomic E-state index is 0.0545. The van der Waals surface area contributed by atoms with Gasteiger partial charge in [0.25, 0.3) is 0 Å². The fourth-order valence-corrected chi connectivity index (χ4v) is 4.30. The van der Waals surface area contributed by atoms with Crippen molar-refractivity contribution in [3.8, 4) is 5.75 Å². The number of methoxy groups -OCH3 is 1. The van der Waals surface area contributed by atoms with Gasteiger partial charge in [-0.1, -0.05) is 31.2 Å². The zero-order chi connectivity index (χ0) is 21.1. The van der Waals surface area contributed by atoms with Crippen molar-refractivity contribution < 1.29 is 19.4 Å². The van der Waals surface area contributed by atoms with Crippen LogP contribution in [0, 0.1) is 0 Å².